The maximum absolute atomic E-state index is 10.9. The molecule has 0 bridgehead atoms. The molecule has 84 valence electrons. The van der Waals surface area contributed by atoms with E-state index < -0.39 is 5.97 Å². The molecule has 0 saturated carbocycles. The van der Waals surface area contributed by atoms with Crippen molar-refractivity contribution >= 4 is 21.9 Å². The maximum atomic E-state index is 10.9. The Labute approximate surface area is 99.0 Å². The molecule has 0 saturated heterocycles. The van der Waals surface area contributed by atoms with E-state index in [1.54, 1.807) is 16.8 Å². The molecule has 0 aromatic carbocycles. The first kappa shape index (κ1) is 10.9. The number of aryl methyl sites for hydroxylation is 2. The number of hydrogen-bond acceptors (Lipinski definition) is 4. The second-order valence-electron chi connectivity index (χ2n) is 3.14. The Morgan fingerprint density at radius 2 is 2.44 bits per heavy atom. The summed E-state index contributed by atoms with van der Waals surface area (Å²) in [6.45, 7) is 0.493. The molecular formula is C9H8BrN3O3. The lowest BCUT2D eigenvalue weighted by Gasteiger charge is -2.03. The molecule has 6 nitrogen and oxygen atoms in total. The zero-order valence-electron chi connectivity index (χ0n) is 8.13. The first-order valence-corrected chi connectivity index (χ1v) is 5.30. The monoisotopic (exact) mass is 285 g/mol. The zero-order valence-corrected chi connectivity index (χ0v) is 9.72. The molecule has 2 rings (SSSR count). The fourth-order valence-corrected chi connectivity index (χ4v) is 1.83. The number of carbonyl (C=O) groups is 1. The van der Waals surface area contributed by atoms with Crippen LogP contribution >= 0.6 is 15.9 Å². The minimum absolute atomic E-state index is 0.232. The van der Waals surface area contributed by atoms with Gasteiger partial charge in [-0.05, 0) is 22.0 Å². The Bertz CT molecular complexity index is 492. The average Bonchev–Trinajstić information content (AvgIpc) is 2.83. The van der Waals surface area contributed by atoms with Crippen LogP contribution in [-0.2, 0) is 13.0 Å². The molecule has 1 N–H and O–H groups in total. The number of aromatic carboxylic acids is 1. The largest absolute Gasteiger partial charge is 0.477 e. The van der Waals surface area contributed by atoms with Gasteiger partial charge in [0.1, 0.15) is 5.69 Å². The number of rotatable bonds is 4. The summed E-state index contributed by atoms with van der Waals surface area (Å²) in [6.07, 6.45) is 3.49. The number of carboxylic acid groups (broad SMARTS) is 1. The highest BCUT2D eigenvalue weighted by molar-refractivity contribution is 9.10. The van der Waals surface area contributed by atoms with Gasteiger partial charge in [-0.1, -0.05) is 5.16 Å². The molecule has 7 heteroatoms. The summed E-state index contributed by atoms with van der Waals surface area (Å²) in [4.78, 5) is 14.8. The van der Waals surface area contributed by atoms with Gasteiger partial charge in [0.05, 0.1) is 0 Å². The van der Waals surface area contributed by atoms with Gasteiger partial charge in [-0.3, -0.25) is 0 Å². The summed E-state index contributed by atoms with van der Waals surface area (Å²) in [7, 11) is 0. The van der Waals surface area contributed by atoms with Crippen LogP contribution in [0.2, 0.25) is 0 Å². The highest BCUT2D eigenvalue weighted by atomic mass is 79.9. The third-order valence-electron chi connectivity index (χ3n) is 2.07. The van der Waals surface area contributed by atoms with Crippen LogP contribution < -0.4 is 0 Å². The highest BCUT2D eigenvalue weighted by Gasteiger charge is 2.11. The molecule has 0 fully saturated rings. The minimum Gasteiger partial charge on any atom is -0.477 e. The van der Waals surface area contributed by atoms with Crippen molar-refractivity contribution in [3.05, 3.63) is 34.6 Å². The first-order chi connectivity index (χ1) is 7.66. The molecule has 0 spiro atoms. The second kappa shape index (κ2) is 4.48. The van der Waals surface area contributed by atoms with E-state index in [0.29, 0.717) is 18.8 Å². The topological polar surface area (TPSA) is 81.1 Å². The molecular weight excluding hydrogens is 278 g/mol. The summed E-state index contributed by atoms with van der Waals surface area (Å²) in [5.41, 5.74) is 0.232. The van der Waals surface area contributed by atoms with Gasteiger partial charge in [0.25, 0.3) is 0 Å². The van der Waals surface area contributed by atoms with Crippen molar-refractivity contribution in [3.8, 4) is 0 Å². The summed E-state index contributed by atoms with van der Waals surface area (Å²) in [6, 6.07) is 1.55. The minimum atomic E-state index is -0.959. The van der Waals surface area contributed by atoms with E-state index in [1.807, 2.05) is 0 Å². The zero-order chi connectivity index (χ0) is 11.5. The van der Waals surface area contributed by atoms with Crippen LogP contribution in [0.4, 0.5) is 0 Å². The standard InChI is InChI=1S/C9H8BrN3O3/c10-6-3-7(9(14)15)13(4-6)2-1-8-11-5-16-12-8/h3-5H,1-2H2,(H,14,15). The van der Waals surface area contributed by atoms with Crippen LogP contribution in [0.5, 0.6) is 0 Å². The Balaban J connectivity index is 2.12. The van der Waals surface area contributed by atoms with E-state index in [-0.39, 0.29) is 5.69 Å². The number of halogens is 1. The van der Waals surface area contributed by atoms with Crippen molar-refractivity contribution in [1.29, 1.82) is 0 Å². The molecule has 0 atom stereocenters. The predicted octanol–water partition coefficient (Wildman–Crippen LogP) is 1.57. The average molecular weight is 286 g/mol. The Hall–Kier alpha value is -1.63. The quantitative estimate of drug-likeness (QED) is 0.922. The van der Waals surface area contributed by atoms with Gasteiger partial charge in [-0.25, -0.2) is 4.79 Å². The van der Waals surface area contributed by atoms with Gasteiger partial charge >= 0.3 is 5.97 Å². The van der Waals surface area contributed by atoms with Crippen molar-refractivity contribution in [1.82, 2.24) is 14.7 Å². The van der Waals surface area contributed by atoms with Gasteiger partial charge in [0.15, 0.2) is 5.82 Å². The van der Waals surface area contributed by atoms with E-state index in [2.05, 4.69) is 30.6 Å². The fourth-order valence-electron chi connectivity index (χ4n) is 1.36. The summed E-state index contributed by atoms with van der Waals surface area (Å²) >= 11 is 3.24. The van der Waals surface area contributed by atoms with Crippen LogP contribution in [0.25, 0.3) is 0 Å². The molecule has 16 heavy (non-hydrogen) atoms. The molecule has 2 heterocycles. The molecule has 0 radical (unpaired) electrons. The molecule has 0 amide bonds. The van der Waals surface area contributed by atoms with Gasteiger partial charge in [-0.15, -0.1) is 0 Å². The molecule has 0 aliphatic rings. The molecule has 2 aromatic heterocycles. The van der Waals surface area contributed by atoms with Crippen molar-refractivity contribution in [2.24, 2.45) is 0 Å². The summed E-state index contributed by atoms with van der Waals surface area (Å²) < 4.78 is 6.95. The van der Waals surface area contributed by atoms with Gasteiger partial charge < -0.3 is 14.2 Å². The van der Waals surface area contributed by atoms with E-state index in [0.717, 1.165) is 4.47 Å². The Morgan fingerprint density at radius 1 is 1.62 bits per heavy atom. The van der Waals surface area contributed by atoms with E-state index in [9.17, 15) is 4.79 Å². The van der Waals surface area contributed by atoms with Crippen LogP contribution in [0, 0.1) is 0 Å². The number of aromatic nitrogens is 3. The normalized spacial score (nSPS) is 10.6. The SMILES string of the molecule is O=C(O)c1cc(Br)cn1CCc1ncon1. The lowest BCUT2D eigenvalue weighted by Crippen LogP contribution is -2.09. The maximum Gasteiger partial charge on any atom is 0.352 e. The number of nitrogens with zero attached hydrogens (tertiary/aromatic N) is 3. The van der Waals surface area contributed by atoms with Crippen LogP contribution in [0.1, 0.15) is 16.3 Å². The van der Waals surface area contributed by atoms with Gasteiger partial charge in [-0.2, -0.15) is 4.98 Å². The third kappa shape index (κ3) is 2.30. The third-order valence-corrected chi connectivity index (χ3v) is 2.50. The second-order valence-corrected chi connectivity index (χ2v) is 4.06. The molecule has 2 aromatic rings. The molecule has 0 aliphatic heterocycles. The van der Waals surface area contributed by atoms with E-state index in [1.165, 1.54) is 6.39 Å². The van der Waals surface area contributed by atoms with Crippen molar-refractivity contribution < 1.29 is 14.4 Å². The predicted molar refractivity (Wildman–Crippen MR) is 57.1 cm³/mol. The van der Waals surface area contributed by atoms with Gasteiger partial charge in [0.2, 0.25) is 6.39 Å². The fraction of sp³-hybridized carbons (Fsp3) is 0.222. The van der Waals surface area contributed by atoms with Crippen molar-refractivity contribution in [2.45, 2.75) is 13.0 Å². The van der Waals surface area contributed by atoms with Crippen LogP contribution in [-0.4, -0.2) is 25.8 Å². The molecule has 0 unspecified atom stereocenters. The van der Waals surface area contributed by atoms with Crippen LogP contribution in [0.15, 0.2) is 27.7 Å². The van der Waals surface area contributed by atoms with E-state index >= 15 is 0 Å². The number of carboxylic acids is 1. The lowest BCUT2D eigenvalue weighted by atomic mass is 10.4. The highest BCUT2D eigenvalue weighted by Crippen LogP contribution is 2.15. The van der Waals surface area contributed by atoms with E-state index in [4.69, 9.17) is 5.11 Å². The smallest absolute Gasteiger partial charge is 0.352 e. The van der Waals surface area contributed by atoms with Crippen molar-refractivity contribution in [3.63, 3.8) is 0 Å². The van der Waals surface area contributed by atoms with Crippen molar-refractivity contribution in [2.75, 3.05) is 0 Å². The van der Waals surface area contributed by atoms with Gasteiger partial charge in [0, 0.05) is 23.6 Å². The summed E-state index contributed by atoms with van der Waals surface area (Å²) in [5.74, 6) is -0.403. The Kier molecular flexibility index (Phi) is 3.04. The first-order valence-electron chi connectivity index (χ1n) is 4.51. The summed E-state index contributed by atoms with van der Waals surface area (Å²) in [5, 5.41) is 12.6. The van der Waals surface area contributed by atoms with Crippen LogP contribution in [0.3, 0.4) is 0 Å². The number of hydrogen-bond donors (Lipinski definition) is 1. The Morgan fingerprint density at radius 3 is 3.06 bits per heavy atom. The molecule has 0 aliphatic carbocycles. The lowest BCUT2D eigenvalue weighted by molar-refractivity contribution is 0.0685.